The van der Waals surface area contributed by atoms with E-state index in [9.17, 15) is 0 Å². The quantitative estimate of drug-likeness (QED) is 0.829. The van der Waals surface area contributed by atoms with Crippen molar-refractivity contribution in [2.75, 3.05) is 6.54 Å². The lowest BCUT2D eigenvalue weighted by Crippen LogP contribution is -2.45. The Kier molecular flexibility index (Phi) is 3.29. The van der Waals surface area contributed by atoms with Crippen LogP contribution in [0.1, 0.15) is 44.1 Å². The van der Waals surface area contributed by atoms with E-state index in [1.54, 1.807) is 0 Å². The van der Waals surface area contributed by atoms with Crippen molar-refractivity contribution in [3.05, 3.63) is 29.8 Å². The van der Waals surface area contributed by atoms with Gasteiger partial charge in [0.05, 0.1) is 0 Å². The number of hydrogen-bond donors (Lipinski definition) is 1. The number of hydrogen-bond acceptors (Lipinski definition) is 2. The molecule has 0 saturated heterocycles. The zero-order chi connectivity index (χ0) is 12.4. The van der Waals surface area contributed by atoms with E-state index in [2.05, 4.69) is 36.5 Å². The molecule has 98 valence electrons. The highest BCUT2D eigenvalue weighted by molar-refractivity contribution is 5.28. The summed E-state index contributed by atoms with van der Waals surface area (Å²) in [6, 6.07) is 9.24. The fourth-order valence-corrected chi connectivity index (χ4v) is 2.69. The van der Waals surface area contributed by atoms with Gasteiger partial charge in [-0.3, -0.25) is 0 Å². The second kappa shape index (κ2) is 4.93. The zero-order valence-corrected chi connectivity index (χ0v) is 11.2. The summed E-state index contributed by atoms with van der Waals surface area (Å²) in [7, 11) is 0. The summed E-state index contributed by atoms with van der Waals surface area (Å²) in [6.07, 6.45) is 7.63. The van der Waals surface area contributed by atoms with Gasteiger partial charge < -0.3 is 10.1 Å². The van der Waals surface area contributed by atoms with Gasteiger partial charge in [0.25, 0.3) is 0 Å². The van der Waals surface area contributed by atoms with E-state index in [1.165, 1.54) is 37.7 Å². The molecule has 0 bridgehead atoms. The molecule has 0 heterocycles. The SMILES string of the molecule is Cc1cccc(OC2(CCNC3CC3)CCC2)c1. The van der Waals surface area contributed by atoms with Gasteiger partial charge in [0.2, 0.25) is 0 Å². The Morgan fingerprint density at radius 2 is 2.17 bits per heavy atom. The monoisotopic (exact) mass is 245 g/mol. The van der Waals surface area contributed by atoms with Gasteiger partial charge in [-0.05, 0) is 69.7 Å². The standard InChI is InChI=1S/C16H23NO/c1-13-4-2-5-15(12-13)18-16(8-3-9-16)10-11-17-14-6-7-14/h2,4-5,12,14,17H,3,6-11H2,1H3. The third kappa shape index (κ3) is 2.86. The summed E-state index contributed by atoms with van der Waals surface area (Å²) in [5, 5.41) is 3.60. The van der Waals surface area contributed by atoms with Crippen LogP contribution in [-0.2, 0) is 0 Å². The molecule has 0 unspecified atom stereocenters. The molecule has 1 aromatic rings. The summed E-state index contributed by atoms with van der Waals surface area (Å²) in [6.45, 7) is 3.23. The predicted molar refractivity (Wildman–Crippen MR) is 74.0 cm³/mol. The minimum Gasteiger partial charge on any atom is -0.487 e. The minimum atomic E-state index is 0.121. The van der Waals surface area contributed by atoms with Crippen LogP contribution < -0.4 is 10.1 Å². The van der Waals surface area contributed by atoms with Crippen LogP contribution in [0.2, 0.25) is 0 Å². The van der Waals surface area contributed by atoms with Gasteiger partial charge in [-0.15, -0.1) is 0 Å². The predicted octanol–water partition coefficient (Wildman–Crippen LogP) is 3.44. The Bertz CT molecular complexity index is 407. The van der Waals surface area contributed by atoms with Gasteiger partial charge in [0, 0.05) is 6.04 Å². The number of ether oxygens (including phenoxy) is 1. The van der Waals surface area contributed by atoms with Gasteiger partial charge in [-0.2, -0.15) is 0 Å². The summed E-state index contributed by atoms with van der Waals surface area (Å²) in [5.74, 6) is 1.04. The molecule has 18 heavy (non-hydrogen) atoms. The number of aryl methyl sites for hydroxylation is 1. The van der Waals surface area contributed by atoms with Crippen LogP contribution >= 0.6 is 0 Å². The lowest BCUT2D eigenvalue weighted by molar-refractivity contribution is -0.0143. The molecule has 0 aliphatic heterocycles. The first-order valence-corrected chi connectivity index (χ1v) is 7.25. The molecule has 3 rings (SSSR count). The first kappa shape index (κ1) is 12.0. The van der Waals surface area contributed by atoms with Crippen LogP contribution in [0, 0.1) is 6.92 Å². The molecule has 2 fully saturated rings. The number of benzene rings is 1. The normalized spacial score (nSPS) is 21.4. The van der Waals surface area contributed by atoms with Crippen molar-refractivity contribution in [1.29, 1.82) is 0 Å². The molecular weight excluding hydrogens is 222 g/mol. The Morgan fingerprint density at radius 3 is 2.78 bits per heavy atom. The molecular formula is C16H23NO. The van der Waals surface area contributed by atoms with E-state index in [0.717, 1.165) is 24.8 Å². The lowest BCUT2D eigenvalue weighted by Gasteiger charge is -2.42. The maximum Gasteiger partial charge on any atom is 0.120 e. The Labute approximate surface area is 110 Å². The Hall–Kier alpha value is -1.02. The maximum absolute atomic E-state index is 6.28. The largest absolute Gasteiger partial charge is 0.487 e. The van der Waals surface area contributed by atoms with Crippen molar-refractivity contribution >= 4 is 0 Å². The first-order chi connectivity index (χ1) is 8.76. The molecule has 2 saturated carbocycles. The van der Waals surface area contributed by atoms with Gasteiger partial charge >= 0.3 is 0 Å². The van der Waals surface area contributed by atoms with E-state index >= 15 is 0 Å². The van der Waals surface area contributed by atoms with Gasteiger partial charge in [0.15, 0.2) is 0 Å². The smallest absolute Gasteiger partial charge is 0.120 e. The van der Waals surface area contributed by atoms with Crippen molar-refractivity contribution in [2.45, 2.75) is 57.1 Å². The lowest BCUT2D eigenvalue weighted by atomic mass is 9.77. The minimum absolute atomic E-state index is 0.121. The molecule has 2 heteroatoms. The molecule has 2 aliphatic carbocycles. The van der Waals surface area contributed by atoms with E-state index in [0.29, 0.717) is 0 Å². The fourth-order valence-electron chi connectivity index (χ4n) is 2.69. The van der Waals surface area contributed by atoms with E-state index < -0.39 is 0 Å². The number of rotatable bonds is 6. The fraction of sp³-hybridized carbons (Fsp3) is 0.625. The van der Waals surface area contributed by atoms with E-state index in [1.807, 2.05) is 0 Å². The molecule has 2 aliphatic rings. The van der Waals surface area contributed by atoms with Crippen LogP contribution in [0.5, 0.6) is 5.75 Å². The number of nitrogens with one attached hydrogen (secondary N) is 1. The van der Waals surface area contributed by atoms with Crippen LogP contribution in [0.15, 0.2) is 24.3 Å². The Morgan fingerprint density at radius 1 is 1.33 bits per heavy atom. The van der Waals surface area contributed by atoms with Crippen molar-refractivity contribution in [1.82, 2.24) is 5.32 Å². The van der Waals surface area contributed by atoms with E-state index in [-0.39, 0.29) is 5.60 Å². The van der Waals surface area contributed by atoms with Crippen molar-refractivity contribution in [2.24, 2.45) is 0 Å². The molecule has 0 radical (unpaired) electrons. The highest BCUT2D eigenvalue weighted by atomic mass is 16.5. The second-order valence-corrected chi connectivity index (χ2v) is 5.93. The van der Waals surface area contributed by atoms with Crippen LogP contribution in [-0.4, -0.2) is 18.2 Å². The highest BCUT2D eigenvalue weighted by Gasteiger charge is 2.39. The summed E-state index contributed by atoms with van der Waals surface area (Å²) in [4.78, 5) is 0. The second-order valence-electron chi connectivity index (χ2n) is 5.93. The molecule has 1 aromatic carbocycles. The average molecular weight is 245 g/mol. The van der Waals surface area contributed by atoms with Crippen LogP contribution in [0.3, 0.4) is 0 Å². The molecule has 2 nitrogen and oxygen atoms in total. The molecule has 0 atom stereocenters. The highest BCUT2D eigenvalue weighted by Crippen LogP contribution is 2.39. The van der Waals surface area contributed by atoms with Crippen molar-refractivity contribution in [3.63, 3.8) is 0 Å². The zero-order valence-electron chi connectivity index (χ0n) is 11.2. The molecule has 0 aromatic heterocycles. The van der Waals surface area contributed by atoms with Crippen molar-refractivity contribution < 1.29 is 4.74 Å². The van der Waals surface area contributed by atoms with Crippen molar-refractivity contribution in [3.8, 4) is 5.75 Å². The van der Waals surface area contributed by atoms with E-state index in [4.69, 9.17) is 4.74 Å². The average Bonchev–Trinajstić information content (AvgIpc) is 3.09. The molecule has 0 amide bonds. The molecule has 1 N–H and O–H groups in total. The summed E-state index contributed by atoms with van der Waals surface area (Å²) >= 11 is 0. The topological polar surface area (TPSA) is 21.3 Å². The van der Waals surface area contributed by atoms with Gasteiger partial charge in [0.1, 0.15) is 11.4 Å². The summed E-state index contributed by atoms with van der Waals surface area (Å²) in [5.41, 5.74) is 1.40. The molecule has 0 spiro atoms. The van der Waals surface area contributed by atoms with Gasteiger partial charge in [-0.25, -0.2) is 0 Å². The van der Waals surface area contributed by atoms with Crippen LogP contribution in [0.25, 0.3) is 0 Å². The third-order valence-corrected chi connectivity index (χ3v) is 4.18. The third-order valence-electron chi connectivity index (χ3n) is 4.18. The Balaban J connectivity index is 1.56. The maximum atomic E-state index is 6.28. The van der Waals surface area contributed by atoms with Gasteiger partial charge in [-0.1, -0.05) is 12.1 Å². The first-order valence-electron chi connectivity index (χ1n) is 7.25. The summed E-state index contributed by atoms with van der Waals surface area (Å²) < 4.78 is 6.28. The van der Waals surface area contributed by atoms with Crippen LogP contribution in [0.4, 0.5) is 0 Å².